The van der Waals surface area contributed by atoms with Crippen LogP contribution in [0.1, 0.15) is 22.3 Å². The maximum atomic E-state index is 13.6. The van der Waals surface area contributed by atoms with Gasteiger partial charge >= 0.3 is 5.97 Å². The van der Waals surface area contributed by atoms with Crippen LogP contribution >= 0.6 is 0 Å². The number of hydrogen-bond donors (Lipinski definition) is 3. The van der Waals surface area contributed by atoms with Gasteiger partial charge < -0.3 is 10.8 Å². The fraction of sp³-hybridized carbons (Fsp3) is 0.273. The average molecular weight is 304 g/mol. The Labute approximate surface area is 114 Å². The van der Waals surface area contributed by atoms with Crippen molar-refractivity contribution in [3.05, 3.63) is 29.1 Å². The summed E-state index contributed by atoms with van der Waals surface area (Å²) in [5.41, 5.74) is 4.64. The Balaban J connectivity index is 3.08. The molecule has 20 heavy (non-hydrogen) atoms. The first kappa shape index (κ1) is 15.9. The molecule has 0 heterocycles. The zero-order valence-corrected chi connectivity index (χ0v) is 11.3. The minimum Gasteiger partial charge on any atom is -0.481 e. The zero-order chi connectivity index (χ0) is 15.5. The molecule has 0 atom stereocenters. The molecule has 9 heteroatoms. The molecule has 0 radical (unpaired) electrons. The van der Waals surface area contributed by atoms with Crippen LogP contribution in [0.2, 0.25) is 0 Å². The van der Waals surface area contributed by atoms with Crippen LogP contribution in [0.15, 0.2) is 12.1 Å². The summed E-state index contributed by atoms with van der Waals surface area (Å²) in [5, 5.41) is 8.45. The number of aliphatic carboxylic acids is 1. The number of hydrogen-bond acceptors (Lipinski definition) is 4. The lowest BCUT2D eigenvalue weighted by Crippen LogP contribution is -2.20. The molecule has 1 aromatic rings. The number of benzene rings is 1. The summed E-state index contributed by atoms with van der Waals surface area (Å²) in [7, 11) is -3.96. The second-order valence-electron chi connectivity index (χ2n) is 4.06. The van der Waals surface area contributed by atoms with Gasteiger partial charge in [0, 0.05) is 11.1 Å². The van der Waals surface area contributed by atoms with Gasteiger partial charge in [0.2, 0.25) is 15.9 Å². The van der Waals surface area contributed by atoms with Crippen LogP contribution in [-0.2, 0) is 14.8 Å². The van der Waals surface area contributed by atoms with E-state index < -0.39 is 39.9 Å². The van der Waals surface area contributed by atoms with Gasteiger partial charge in [-0.05, 0) is 19.1 Å². The molecule has 0 aliphatic rings. The number of carbonyl (C=O) groups is 2. The van der Waals surface area contributed by atoms with Gasteiger partial charge in [0.15, 0.2) is 0 Å². The van der Waals surface area contributed by atoms with E-state index in [1.54, 1.807) is 0 Å². The van der Waals surface area contributed by atoms with E-state index in [-0.39, 0.29) is 16.8 Å². The van der Waals surface area contributed by atoms with Gasteiger partial charge in [0.1, 0.15) is 5.82 Å². The lowest BCUT2D eigenvalue weighted by atomic mass is 10.1. The highest BCUT2D eigenvalue weighted by atomic mass is 32.2. The number of rotatable bonds is 6. The minimum atomic E-state index is -3.96. The number of anilines is 1. The number of carboxylic acids is 1. The summed E-state index contributed by atoms with van der Waals surface area (Å²) in [6.07, 6.45) is -0.591. The van der Waals surface area contributed by atoms with Crippen molar-refractivity contribution in [2.75, 3.05) is 10.5 Å². The van der Waals surface area contributed by atoms with Gasteiger partial charge in [-0.15, -0.1) is 0 Å². The van der Waals surface area contributed by atoms with Crippen LogP contribution in [-0.4, -0.2) is 31.2 Å². The molecule has 1 rings (SSSR count). The highest BCUT2D eigenvalue weighted by molar-refractivity contribution is 7.92. The van der Waals surface area contributed by atoms with Crippen molar-refractivity contribution < 1.29 is 27.5 Å². The second kappa shape index (κ2) is 5.87. The Morgan fingerprint density at radius 1 is 1.40 bits per heavy atom. The highest BCUT2D eigenvalue weighted by Gasteiger charge is 2.17. The van der Waals surface area contributed by atoms with E-state index in [1.165, 1.54) is 6.92 Å². The van der Waals surface area contributed by atoms with Crippen LogP contribution in [0.4, 0.5) is 10.1 Å². The lowest BCUT2D eigenvalue weighted by Gasteiger charge is -2.11. The predicted molar refractivity (Wildman–Crippen MR) is 69.3 cm³/mol. The minimum absolute atomic E-state index is 0.0195. The molecule has 0 fully saturated rings. The number of nitrogens with one attached hydrogen (secondary N) is 1. The lowest BCUT2D eigenvalue weighted by molar-refractivity contribution is -0.136. The summed E-state index contributed by atoms with van der Waals surface area (Å²) >= 11 is 0. The molecule has 0 saturated heterocycles. The van der Waals surface area contributed by atoms with E-state index in [4.69, 9.17) is 10.8 Å². The van der Waals surface area contributed by atoms with E-state index in [2.05, 4.69) is 0 Å². The number of amides is 1. The summed E-state index contributed by atoms with van der Waals surface area (Å²) in [4.78, 5) is 21.3. The maximum absolute atomic E-state index is 13.6. The molecular formula is C11H13FN2O5S. The summed E-state index contributed by atoms with van der Waals surface area (Å²) in [6.45, 7) is 1.31. The molecule has 110 valence electrons. The van der Waals surface area contributed by atoms with E-state index in [0.717, 1.165) is 12.1 Å². The molecule has 7 nitrogen and oxygen atoms in total. The van der Waals surface area contributed by atoms with Gasteiger partial charge in [-0.1, -0.05) is 0 Å². The average Bonchev–Trinajstić information content (AvgIpc) is 2.32. The quantitative estimate of drug-likeness (QED) is 0.703. The topological polar surface area (TPSA) is 127 Å². The SMILES string of the molecule is Cc1c(F)cc(C(N)=O)cc1NS(=O)(=O)CCC(=O)O. The fourth-order valence-corrected chi connectivity index (χ4v) is 2.46. The molecule has 0 aromatic heterocycles. The summed E-state index contributed by atoms with van der Waals surface area (Å²) < 4.78 is 38.9. The first-order valence-electron chi connectivity index (χ1n) is 5.44. The Morgan fingerprint density at radius 2 is 2.00 bits per heavy atom. The van der Waals surface area contributed by atoms with Crippen LogP contribution < -0.4 is 10.5 Å². The van der Waals surface area contributed by atoms with Crippen molar-refractivity contribution >= 4 is 27.6 Å². The Bertz CT molecular complexity index is 657. The third kappa shape index (κ3) is 4.19. The van der Waals surface area contributed by atoms with E-state index in [1.807, 2.05) is 4.72 Å². The molecule has 0 saturated carbocycles. The number of carbonyl (C=O) groups excluding carboxylic acids is 1. The number of halogens is 1. The number of carboxylic acid groups (broad SMARTS) is 1. The zero-order valence-electron chi connectivity index (χ0n) is 10.5. The smallest absolute Gasteiger partial charge is 0.304 e. The Kier molecular flexibility index (Phi) is 4.66. The van der Waals surface area contributed by atoms with Crippen molar-refractivity contribution in [3.63, 3.8) is 0 Å². The van der Waals surface area contributed by atoms with E-state index in [0.29, 0.717) is 0 Å². The standard InChI is InChI=1S/C11H13FN2O5S/c1-6-8(12)4-7(11(13)17)5-9(6)14-20(18,19)3-2-10(15)16/h4-5,14H,2-3H2,1H3,(H2,13,17)(H,15,16). The second-order valence-corrected chi connectivity index (χ2v) is 5.90. The monoisotopic (exact) mass is 304 g/mol. The molecule has 0 bridgehead atoms. The molecule has 0 unspecified atom stereocenters. The summed E-state index contributed by atoms with van der Waals surface area (Å²) in [6, 6.07) is 1.99. The first-order chi connectivity index (χ1) is 9.12. The summed E-state index contributed by atoms with van der Waals surface area (Å²) in [5.74, 6) is -3.64. The molecule has 0 aliphatic heterocycles. The molecule has 1 amide bonds. The van der Waals surface area contributed by atoms with Crippen LogP contribution in [0.5, 0.6) is 0 Å². The highest BCUT2D eigenvalue weighted by Crippen LogP contribution is 2.22. The molecular weight excluding hydrogens is 291 g/mol. The van der Waals surface area contributed by atoms with Crippen molar-refractivity contribution in [2.24, 2.45) is 5.73 Å². The number of nitrogens with two attached hydrogens (primary N) is 1. The predicted octanol–water partition coefficient (Wildman–Crippen LogP) is 0.449. The molecule has 0 aliphatic carbocycles. The largest absolute Gasteiger partial charge is 0.481 e. The Morgan fingerprint density at radius 3 is 2.50 bits per heavy atom. The third-order valence-electron chi connectivity index (χ3n) is 2.48. The number of sulfonamides is 1. The molecule has 4 N–H and O–H groups in total. The van der Waals surface area contributed by atoms with Crippen LogP contribution in [0, 0.1) is 12.7 Å². The molecule has 1 aromatic carbocycles. The van der Waals surface area contributed by atoms with E-state index in [9.17, 15) is 22.4 Å². The number of primary amides is 1. The van der Waals surface area contributed by atoms with Gasteiger partial charge in [-0.3, -0.25) is 14.3 Å². The molecule has 0 spiro atoms. The van der Waals surface area contributed by atoms with Crippen molar-refractivity contribution in [3.8, 4) is 0 Å². The third-order valence-corrected chi connectivity index (χ3v) is 3.75. The van der Waals surface area contributed by atoms with Gasteiger partial charge in [-0.2, -0.15) is 0 Å². The van der Waals surface area contributed by atoms with Crippen molar-refractivity contribution in [1.82, 2.24) is 0 Å². The van der Waals surface area contributed by atoms with Gasteiger partial charge in [-0.25, -0.2) is 12.8 Å². The first-order valence-corrected chi connectivity index (χ1v) is 7.10. The van der Waals surface area contributed by atoms with Crippen molar-refractivity contribution in [2.45, 2.75) is 13.3 Å². The van der Waals surface area contributed by atoms with Gasteiger partial charge in [0.25, 0.3) is 0 Å². The Hall–Kier alpha value is -2.16. The fourth-order valence-electron chi connectivity index (χ4n) is 1.37. The van der Waals surface area contributed by atoms with Crippen molar-refractivity contribution in [1.29, 1.82) is 0 Å². The van der Waals surface area contributed by atoms with E-state index >= 15 is 0 Å². The maximum Gasteiger partial charge on any atom is 0.304 e. The van der Waals surface area contributed by atoms with Crippen LogP contribution in [0.3, 0.4) is 0 Å². The normalized spacial score (nSPS) is 11.1. The van der Waals surface area contributed by atoms with Crippen LogP contribution in [0.25, 0.3) is 0 Å². The van der Waals surface area contributed by atoms with Gasteiger partial charge in [0.05, 0.1) is 17.9 Å².